The molecule has 1 N–H and O–H groups in total. The smallest absolute Gasteiger partial charge is 0.269 e. The molecule has 0 spiro atoms. The summed E-state index contributed by atoms with van der Waals surface area (Å²) in [5.74, 6) is -1.40. The minimum absolute atomic E-state index is 0.0170. The van der Waals surface area contributed by atoms with Gasteiger partial charge in [0.25, 0.3) is 11.6 Å². The summed E-state index contributed by atoms with van der Waals surface area (Å²) >= 11 is 5.75. The topological polar surface area (TPSA) is 105 Å². The van der Waals surface area contributed by atoms with Gasteiger partial charge in [0.15, 0.2) is 6.61 Å². The van der Waals surface area contributed by atoms with Crippen molar-refractivity contribution in [2.24, 2.45) is 0 Å². The molecule has 2 aromatic rings. The number of amides is 1. The number of hydrogen-bond donors (Lipinski definition) is 1. The van der Waals surface area contributed by atoms with Crippen molar-refractivity contribution in [3.63, 3.8) is 0 Å². The molecule has 24 heavy (non-hydrogen) atoms. The highest BCUT2D eigenvalue weighted by molar-refractivity contribution is 6.32. The number of nitrogens with zero attached hydrogens (tertiary/aromatic N) is 1. The summed E-state index contributed by atoms with van der Waals surface area (Å²) in [5.41, 5.74) is -0.162. The molecule has 0 radical (unpaired) electrons. The zero-order valence-electron chi connectivity index (χ0n) is 12.1. The molecule has 9 heteroatoms. The van der Waals surface area contributed by atoms with E-state index < -0.39 is 29.0 Å². The average molecular weight is 354 g/mol. The predicted molar refractivity (Wildman–Crippen MR) is 81.3 cm³/mol. The number of nitro benzene ring substituents is 1. The van der Waals surface area contributed by atoms with Gasteiger partial charge in [0.05, 0.1) is 9.95 Å². The fourth-order valence-electron chi connectivity index (χ4n) is 1.80. The maximum atomic E-state index is 12.9. The molecule has 0 saturated carbocycles. The SMILES string of the molecule is O=C(COc1ccc(F)cc1Cl)NCc1cc([N+](=O)[O-])ccc1[O-]. The number of benzene rings is 2. The van der Waals surface area contributed by atoms with Gasteiger partial charge in [-0.25, -0.2) is 4.39 Å². The Bertz CT molecular complexity index is 784. The van der Waals surface area contributed by atoms with Crippen molar-refractivity contribution in [3.8, 4) is 11.5 Å². The molecule has 1 amide bonds. The summed E-state index contributed by atoms with van der Waals surface area (Å²) in [6, 6.07) is 6.71. The lowest BCUT2D eigenvalue weighted by Crippen LogP contribution is -2.28. The first kappa shape index (κ1) is 17.5. The number of carbonyl (C=O) groups is 1. The molecular weight excluding hydrogens is 343 g/mol. The Labute approximate surface area is 140 Å². The van der Waals surface area contributed by atoms with E-state index in [2.05, 4.69) is 5.32 Å². The van der Waals surface area contributed by atoms with Crippen molar-refractivity contribution < 1.29 is 24.0 Å². The fourth-order valence-corrected chi connectivity index (χ4v) is 2.02. The van der Waals surface area contributed by atoms with Gasteiger partial charge in [-0.1, -0.05) is 17.7 Å². The number of carbonyl (C=O) groups excluding carboxylic acids is 1. The highest BCUT2D eigenvalue weighted by atomic mass is 35.5. The van der Waals surface area contributed by atoms with Gasteiger partial charge in [0, 0.05) is 18.7 Å². The molecule has 0 bridgehead atoms. The Balaban J connectivity index is 1.91. The van der Waals surface area contributed by atoms with Crippen molar-refractivity contribution in [1.29, 1.82) is 0 Å². The normalized spacial score (nSPS) is 10.2. The van der Waals surface area contributed by atoms with Crippen molar-refractivity contribution >= 4 is 23.2 Å². The molecule has 0 aliphatic heterocycles. The van der Waals surface area contributed by atoms with Gasteiger partial charge in [-0.2, -0.15) is 0 Å². The van der Waals surface area contributed by atoms with Crippen LogP contribution in [-0.2, 0) is 11.3 Å². The van der Waals surface area contributed by atoms with E-state index in [0.29, 0.717) is 0 Å². The van der Waals surface area contributed by atoms with Gasteiger partial charge in [0.1, 0.15) is 11.6 Å². The van der Waals surface area contributed by atoms with Crippen molar-refractivity contribution in [3.05, 3.63) is 62.9 Å². The van der Waals surface area contributed by atoms with E-state index in [0.717, 1.165) is 30.3 Å². The van der Waals surface area contributed by atoms with Gasteiger partial charge < -0.3 is 15.2 Å². The number of ether oxygens (including phenoxy) is 1. The van der Waals surface area contributed by atoms with Crippen LogP contribution in [0.2, 0.25) is 5.02 Å². The summed E-state index contributed by atoms with van der Waals surface area (Å²) in [4.78, 5) is 21.7. The number of rotatable bonds is 6. The van der Waals surface area contributed by atoms with Gasteiger partial charge in [0.2, 0.25) is 0 Å². The van der Waals surface area contributed by atoms with E-state index >= 15 is 0 Å². The van der Waals surface area contributed by atoms with Gasteiger partial charge in [-0.05, 0) is 23.8 Å². The Morgan fingerprint density at radius 2 is 2.04 bits per heavy atom. The Morgan fingerprint density at radius 3 is 2.71 bits per heavy atom. The van der Waals surface area contributed by atoms with E-state index in [-0.39, 0.29) is 28.6 Å². The third-order valence-corrected chi connectivity index (χ3v) is 3.28. The van der Waals surface area contributed by atoms with Crippen LogP contribution in [0.15, 0.2) is 36.4 Å². The van der Waals surface area contributed by atoms with Crippen LogP contribution in [-0.4, -0.2) is 17.4 Å². The average Bonchev–Trinajstić information content (AvgIpc) is 2.53. The zero-order chi connectivity index (χ0) is 17.7. The van der Waals surface area contributed by atoms with Crippen LogP contribution in [0.1, 0.15) is 5.56 Å². The van der Waals surface area contributed by atoms with Crippen LogP contribution < -0.4 is 15.2 Å². The van der Waals surface area contributed by atoms with Crippen molar-refractivity contribution in [2.75, 3.05) is 6.61 Å². The Kier molecular flexibility index (Phi) is 5.54. The summed E-state index contributed by atoms with van der Waals surface area (Å²) < 4.78 is 18.0. The highest BCUT2D eigenvalue weighted by Crippen LogP contribution is 2.24. The van der Waals surface area contributed by atoms with E-state index in [1.165, 1.54) is 6.07 Å². The summed E-state index contributed by atoms with van der Waals surface area (Å²) in [6.07, 6.45) is 0. The zero-order valence-corrected chi connectivity index (χ0v) is 12.9. The van der Waals surface area contributed by atoms with Crippen LogP contribution in [0.3, 0.4) is 0 Å². The molecule has 0 unspecified atom stereocenters. The number of halogens is 2. The lowest BCUT2D eigenvalue weighted by Gasteiger charge is -2.14. The second-order valence-corrected chi connectivity index (χ2v) is 5.10. The van der Waals surface area contributed by atoms with Gasteiger partial charge in [-0.3, -0.25) is 14.9 Å². The summed E-state index contributed by atoms with van der Waals surface area (Å²) in [6.45, 7) is -0.589. The molecule has 2 rings (SSSR count). The monoisotopic (exact) mass is 353 g/mol. The first-order valence-electron chi connectivity index (χ1n) is 6.65. The molecule has 7 nitrogen and oxygen atoms in total. The van der Waals surface area contributed by atoms with Crippen molar-refractivity contribution in [1.82, 2.24) is 5.32 Å². The molecular formula is C15H11ClFN2O5-. The third kappa shape index (κ3) is 4.56. The molecule has 0 aliphatic carbocycles. The fraction of sp³-hybridized carbons (Fsp3) is 0.133. The summed E-state index contributed by atoms with van der Waals surface area (Å²) in [5, 5.41) is 24.7. The maximum absolute atomic E-state index is 12.9. The minimum Gasteiger partial charge on any atom is -0.872 e. The van der Waals surface area contributed by atoms with Gasteiger partial charge in [-0.15, -0.1) is 5.75 Å². The maximum Gasteiger partial charge on any atom is 0.269 e. The lowest BCUT2D eigenvalue weighted by atomic mass is 10.2. The lowest BCUT2D eigenvalue weighted by molar-refractivity contribution is -0.385. The Morgan fingerprint density at radius 1 is 1.29 bits per heavy atom. The van der Waals surface area contributed by atoms with E-state index in [4.69, 9.17) is 16.3 Å². The van der Waals surface area contributed by atoms with Crippen molar-refractivity contribution in [2.45, 2.75) is 6.54 Å². The largest absolute Gasteiger partial charge is 0.872 e. The van der Waals surface area contributed by atoms with Crippen LogP contribution in [0, 0.1) is 15.9 Å². The molecule has 0 atom stereocenters. The molecule has 0 aliphatic rings. The predicted octanol–water partition coefficient (Wildman–Crippen LogP) is 2.16. The molecule has 0 heterocycles. The molecule has 0 fully saturated rings. The number of non-ortho nitro benzene ring substituents is 1. The molecule has 2 aromatic carbocycles. The third-order valence-electron chi connectivity index (χ3n) is 2.98. The second kappa shape index (κ2) is 7.60. The first-order chi connectivity index (χ1) is 11.4. The van der Waals surface area contributed by atoms with Gasteiger partial charge >= 0.3 is 0 Å². The minimum atomic E-state index is -0.635. The standard InChI is InChI=1S/C15H12ClFN2O5/c16-12-6-10(17)1-4-14(12)24-8-15(21)18-7-9-5-11(19(22)23)2-3-13(9)20/h1-6,20H,7-8H2,(H,18,21)/p-1. The summed E-state index contributed by atoms with van der Waals surface area (Å²) in [7, 11) is 0. The second-order valence-electron chi connectivity index (χ2n) is 4.69. The van der Waals surface area contributed by atoms with Crippen LogP contribution in [0.25, 0.3) is 0 Å². The van der Waals surface area contributed by atoms with Crippen LogP contribution in [0.4, 0.5) is 10.1 Å². The van der Waals surface area contributed by atoms with Crippen LogP contribution in [0.5, 0.6) is 11.5 Å². The Hall–Kier alpha value is -2.87. The van der Waals surface area contributed by atoms with Crippen LogP contribution >= 0.6 is 11.6 Å². The van der Waals surface area contributed by atoms with E-state index in [9.17, 15) is 24.4 Å². The number of hydrogen-bond acceptors (Lipinski definition) is 5. The quantitative estimate of drug-likeness (QED) is 0.633. The molecule has 126 valence electrons. The van der Waals surface area contributed by atoms with E-state index in [1.54, 1.807) is 0 Å². The molecule has 0 aromatic heterocycles. The molecule has 0 saturated heterocycles. The highest BCUT2D eigenvalue weighted by Gasteiger charge is 2.09. The number of nitrogens with one attached hydrogen (secondary N) is 1. The first-order valence-corrected chi connectivity index (χ1v) is 7.03. The number of nitro groups is 1. The van der Waals surface area contributed by atoms with E-state index in [1.807, 2.05) is 0 Å².